The molecule has 0 saturated heterocycles. The summed E-state index contributed by atoms with van der Waals surface area (Å²) >= 11 is 0. The molecule has 0 atom stereocenters. The Balaban J connectivity index is 2.63. The molecule has 0 fully saturated rings. The van der Waals surface area contributed by atoms with E-state index in [0.29, 0.717) is 24.3 Å². The van der Waals surface area contributed by atoms with Gasteiger partial charge >= 0.3 is 5.97 Å². The Bertz CT molecular complexity index is 476. The van der Waals surface area contributed by atoms with Crippen molar-refractivity contribution in [3.63, 3.8) is 0 Å². The minimum Gasteiger partial charge on any atom is -0.462 e. The number of hydrogen-bond acceptors (Lipinski definition) is 3. The van der Waals surface area contributed by atoms with Crippen LogP contribution in [0.25, 0.3) is 0 Å². The van der Waals surface area contributed by atoms with E-state index in [-0.39, 0.29) is 5.91 Å². The van der Waals surface area contributed by atoms with Gasteiger partial charge in [0.05, 0.1) is 17.7 Å². The van der Waals surface area contributed by atoms with Crippen LogP contribution in [0.3, 0.4) is 0 Å². The van der Waals surface area contributed by atoms with Crippen LogP contribution in [-0.2, 0) is 4.74 Å². The first kappa shape index (κ1) is 17.7. The number of allylic oxidation sites excluding steroid dienone is 2. The molecule has 1 rings (SSSR count). The number of benzene rings is 1. The number of rotatable bonds is 10. The summed E-state index contributed by atoms with van der Waals surface area (Å²) in [5, 5.41) is 2.80. The number of esters is 1. The van der Waals surface area contributed by atoms with Gasteiger partial charge < -0.3 is 10.1 Å². The highest BCUT2D eigenvalue weighted by Crippen LogP contribution is 2.11. The third kappa shape index (κ3) is 5.95. The molecule has 1 amide bonds. The zero-order chi connectivity index (χ0) is 16.2. The molecule has 1 N–H and O–H groups in total. The molecular formula is C18H23NO3. The minimum absolute atomic E-state index is 0.261. The summed E-state index contributed by atoms with van der Waals surface area (Å²) in [5.74, 6) is -0.733. The molecule has 0 spiro atoms. The Kier molecular flexibility index (Phi) is 8.35. The lowest BCUT2D eigenvalue weighted by atomic mass is 10.1. The van der Waals surface area contributed by atoms with E-state index in [2.05, 4.69) is 18.5 Å². The van der Waals surface area contributed by atoms with Crippen LogP contribution in [0, 0.1) is 0 Å². The van der Waals surface area contributed by atoms with E-state index in [1.807, 2.05) is 0 Å². The summed E-state index contributed by atoms with van der Waals surface area (Å²) in [7, 11) is 0. The smallest absolute Gasteiger partial charge is 0.338 e. The molecule has 22 heavy (non-hydrogen) atoms. The summed E-state index contributed by atoms with van der Waals surface area (Å²) in [6.07, 6.45) is 6.76. The molecule has 0 heterocycles. The summed E-state index contributed by atoms with van der Waals surface area (Å²) in [6, 6.07) is 6.68. The Hall–Kier alpha value is -2.36. The molecule has 0 saturated carbocycles. The van der Waals surface area contributed by atoms with Gasteiger partial charge in [0.15, 0.2) is 0 Å². The number of amides is 1. The van der Waals surface area contributed by atoms with Gasteiger partial charge in [-0.3, -0.25) is 4.79 Å². The number of nitrogens with one attached hydrogen (secondary N) is 1. The van der Waals surface area contributed by atoms with Gasteiger partial charge in [-0.15, -0.1) is 13.2 Å². The molecule has 0 radical (unpaired) electrons. The zero-order valence-electron chi connectivity index (χ0n) is 12.8. The predicted molar refractivity (Wildman–Crippen MR) is 87.9 cm³/mol. The van der Waals surface area contributed by atoms with Crippen LogP contribution in [0.15, 0.2) is 49.6 Å². The maximum atomic E-state index is 12.2. The van der Waals surface area contributed by atoms with Gasteiger partial charge in [-0.2, -0.15) is 0 Å². The van der Waals surface area contributed by atoms with E-state index >= 15 is 0 Å². The summed E-state index contributed by atoms with van der Waals surface area (Å²) in [6.45, 7) is 8.12. The molecule has 4 heteroatoms. The van der Waals surface area contributed by atoms with E-state index in [1.54, 1.807) is 36.4 Å². The normalized spacial score (nSPS) is 9.82. The number of ether oxygens (including phenoxy) is 1. The van der Waals surface area contributed by atoms with Gasteiger partial charge in [-0.05, 0) is 37.8 Å². The van der Waals surface area contributed by atoms with Gasteiger partial charge in [-0.25, -0.2) is 4.79 Å². The Morgan fingerprint density at radius 1 is 1.05 bits per heavy atom. The summed E-state index contributed by atoms with van der Waals surface area (Å²) in [4.78, 5) is 24.2. The van der Waals surface area contributed by atoms with Crippen molar-refractivity contribution in [2.24, 2.45) is 0 Å². The fourth-order valence-electron chi connectivity index (χ4n) is 1.87. The lowest BCUT2D eigenvalue weighted by molar-refractivity contribution is 0.0498. The second-order valence-corrected chi connectivity index (χ2v) is 4.80. The second kappa shape index (κ2) is 10.4. The first-order valence-electron chi connectivity index (χ1n) is 7.46. The lowest BCUT2D eigenvalue weighted by Crippen LogP contribution is -2.26. The highest BCUT2D eigenvalue weighted by molar-refractivity contribution is 6.05. The van der Waals surface area contributed by atoms with Gasteiger partial charge in [0, 0.05) is 6.54 Å². The zero-order valence-corrected chi connectivity index (χ0v) is 12.8. The van der Waals surface area contributed by atoms with Crippen LogP contribution >= 0.6 is 0 Å². The first-order chi connectivity index (χ1) is 10.7. The quantitative estimate of drug-likeness (QED) is 0.409. The minimum atomic E-state index is -0.471. The van der Waals surface area contributed by atoms with Crippen molar-refractivity contribution >= 4 is 11.9 Å². The largest absolute Gasteiger partial charge is 0.462 e. The Morgan fingerprint density at radius 3 is 2.36 bits per heavy atom. The third-order valence-electron chi connectivity index (χ3n) is 3.05. The van der Waals surface area contributed by atoms with Crippen molar-refractivity contribution in [1.82, 2.24) is 5.32 Å². The number of carbonyl (C=O) groups excluding carboxylic acids is 2. The van der Waals surface area contributed by atoms with Crippen LogP contribution < -0.4 is 5.32 Å². The van der Waals surface area contributed by atoms with Crippen molar-refractivity contribution in [2.75, 3.05) is 13.2 Å². The van der Waals surface area contributed by atoms with Crippen molar-refractivity contribution in [3.05, 3.63) is 60.7 Å². The molecule has 0 unspecified atom stereocenters. The average Bonchev–Trinajstić information content (AvgIpc) is 2.55. The molecule has 118 valence electrons. The summed E-state index contributed by atoms with van der Waals surface area (Å²) in [5.41, 5.74) is 0.636. The van der Waals surface area contributed by atoms with Gasteiger partial charge in [0.2, 0.25) is 0 Å². The molecule has 0 aliphatic heterocycles. The number of hydrogen-bond donors (Lipinski definition) is 1. The molecule has 0 aliphatic rings. The third-order valence-corrected chi connectivity index (χ3v) is 3.05. The SMILES string of the molecule is C=CCCCNC(=O)c1ccccc1C(=O)OCCCC=C. The van der Waals surface area contributed by atoms with E-state index in [1.165, 1.54) is 0 Å². The van der Waals surface area contributed by atoms with Crippen LogP contribution in [0.2, 0.25) is 0 Å². The van der Waals surface area contributed by atoms with E-state index in [4.69, 9.17) is 4.74 Å². The molecule has 1 aromatic carbocycles. The standard InChI is InChI=1S/C18H23NO3/c1-3-5-9-13-19-17(20)15-11-7-8-12-16(15)18(21)22-14-10-6-4-2/h3-4,7-8,11-12H,1-2,5-6,9-10,13-14H2,(H,19,20). The fraction of sp³-hybridized carbons (Fsp3) is 0.333. The topological polar surface area (TPSA) is 55.4 Å². The molecule has 0 aromatic heterocycles. The number of unbranched alkanes of at least 4 members (excludes halogenated alkanes) is 2. The Morgan fingerprint density at radius 2 is 1.68 bits per heavy atom. The van der Waals surface area contributed by atoms with Crippen LogP contribution in [0.1, 0.15) is 46.4 Å². The molecule has 0 aliphatic carbocycles. The highest BCUT2D eigenvalue weighted by atomic mass is 16.5. The van der Waals surface area contributed by atoms with E-state index in [0.717, 1.165) is 25.7 Å². The van der Waals surface area contributed by atoms with Crippen molar-refractivity contribution < 1.29 is 14.3 Å². The summed E-state index contributed by atoms with van der Waals surface area (Å²) < 4.78 is 5.18. The van der Waals surface area contributed by atoms with Crippen LogP contribution in [0.5, 0.6) is 0 Å². The second-order valence-electron chi connectivity index (χ2n) is 4.80. The first-order valence-corrected chi connectivity index (χ1v) is 7.46. The molecule has 0 bridgehead atoms. The van der Waals surface area contributed by atoms with Crippen LogP contribution in [-0.4, -0.2) is 25.0 Å². The molecular weight excluding hydrogens is 278 g/mol. The highest BCUT2D eigenvalue weighted by Gasteiger charge is 2.17. The van der Waals surface area contributed by atoms with Gasteiger partial charge in [-0.1, -0.05) is 24.3 Å². The maximum Gasteiger partial charge on any atom is 0.338 e. The molecule has 4 nitrogen and oxygen atoms in total. The number of carbonyl (C=O) groups is 2. The van der Waals surface area contributed by atoms with Crippen molar-refractivity contribution in [3.8, 4) is 0 Å². The molecule has 1 aromatic rings. The predicted octanol–water partition coefficient (Wildman–Crippen LogP) is 3.51. The van der Waals surface area contributed by atoms with Crippen molar-refractivity contribution in [1.29, 1.82) is 0 Å². The van der Waals surface area contributed by atoms with Crippen molar-refractivity contribution in [2.45, 2.75) is 25.7 Å². The average molecular weight is 301 g/mol. The van der Waals surface area contributed by atoms with Gasteiger partial charge in [0.25, 0.3) is 5.91 Å². The van der Waals surface area contributed by atoms with E-state index in [9.17, 15) is 9.59 Å². The lowest BCUT2D eigenvalue weighted by Gasteiger charge is -2.10. The Labute approximate surface area is 131 Å². The monoisotopic (exact) mass is 301 g/mol. The maximum absolute atomic E-state index is 12.2. The van der Waals surface area contributed by atoms with Crippen LogP contribution in [0.4, 0.5) is 0 Å². The van der Waals surface area contributed by atoms with E-state index < -0.39 is 5.97 Å². The fourth-order valence-corrected chi connectivity index (χ4v) is 1.87. The van der Waals surface area contributed by atoms with Gasteiger partial charge in [0.1, 0.15) is 0 Å².